The number of amides is 1. The van der Waals surface area contributed by atoms with Gasteiger partial charge in [0.2, 0.25) is 11.7 Å². The van der Waals surface area contributed by atoms with Crippen molar-refractivity contribution in [3.05, 3.63) is 94.2 Å². The summed E-state index contributed by atoms with van der Waals surface area (Å²) in [5, 5.41) is 0. The maximum atomic E-state index is 13.6. The van der Waals surface area contributed by atoms with Gasteiger partial charge in [0.25, 0.3) is 5.91 Å². The highest BCUT2D eigenvalue weighted by molar-refractivity contribution is 6.36. The first kappa shape index (κ1) is 21.9. The second kappa shape index (κ2) is 9.05. The molecule has 1 amide bonds. The third-order valence-electron chi connectivity index (χ3n) is 5.17. The van der Waals surface area contributed by atoms with Gasteiger partial charge in [0.1, 0.15) is 0 Å². The number of ketones is 1. The number of benzene rings is 2. The molecule has 0 aliphatic carbocycles. The molecule has 33 heavy (non-hydrogen) atoms. The first-order valence-electron chi connectivity index (χ1n) is 9.98. The van der Waals surface area contributed by atoms with Gasteiger partial charge in [-0.25, -0.2) is 13.8 Å². The average molecular weight is 444 g/mol. The molecule has 7 heteroatoms. The molecule has 0 bridgehead atoms. The molecule has 1 aliphatic heterocycles. The second-order valence-electron chi connectivity index (χ2n) is 7.34. The van der Waals surface area contributed by atoms with Crippen molar-refractivity contribution in [2.75, 3.05) is 19.1 Å². The Hall–Kier alpha value is -4.31. The second-order valence-corrected chi connectivity index (χ2v) is 7.34. The van der Waals surface area contributed by atoms with Gasteiger partial charge in [-0.1, -0.05) is 17.9 Å². The summed E-state index contributed by atoms with van der Waals surface area (Å²) in [6.45, 7) is 0. The lowest BCUT2D eigenvalue weighted by Crippen LogP contribution is -2.36. The van der Waals surface area contributed by atoms with Crippen molar-refractivity contribution in [3.8, 4) is 17.7 Å². The van der Waals surface area contributed by atoms with E-state index in [0.29, 0.717) is 29.1 Å². The third-order valence-corrected chi connectivity index (χ3v) is 5.17. The van der Waals surface area contributed by atoms with Crippen LogP contribution in [-0.2, 0) is 11.2 Å². The van der Waals surface area contributed by atoms with E-state index >= 15 is 0 Å². The number of likely N-dealkylation sites (N-methyl/N-ethyl adjacent to an activating group) is 1. The number of carbonyl (C=O) groups excluding carboxylic acids is 2. The molecule has 0 fully saturated rings. The van der Waals surface area contributed by atoms with Crippen LogP contribution in [0.25, 0.3) is 6.08 Å². The number of aromatic nitrogens is 1. The fourth-order valence-corrected chi connectivity index (χ4v) is 3.44. The minimum Gasteiger partial charge on any atom is -0.481 e. The quantitative estimate of drug-likeness (QED) is 0.345. The number of hydrogen-bond acceptors (Lipinski definition) is 4. The zero-order valence-corrected chi connectivity index (χ0v) is 17.9. The van der Waals surface area contributed by atoms with Gasteiger partial charge in [-0.3, -0.25) is 9.59 Å². The topological polar surface area (TPSA) is 59.5 Å². The number of halogens is 2. The lowest BCUT2D eigenvalue weighted by atomic mass is 9.92. The molecule has 0 atom stereocenters. The van der Waals surface area contributed by atoms with Crippen molar-refractivity contribution in [2.45, 2.75) is 6.42 Å². The summed E-state index contributed by atoms with van der Waals surface area (Å²) in [6, 6.07) is 11.8. The molecule has 2 heterocycles. The van der Waals surface area contributed by atoms with E-state index in [4.69, 9.17) is 4.74 Å². The first-order valence-corrected chi connectivity index (χ1v) is 9.98. The van der Waals surface area contributed by atoms with Crippen molar-refractivity contribution in [3.63, 3.8) is 0 Å². The van der Waals surface area contributed by atoms with E-state index in [9.17, 15) is 18.4 Å². The number of fused-ring (bicyclic) bond motifs is 1. The van der Waals surface area contributed by atoms with Gasteiger partial charge >= 0.3 is 0 Å². The largest absolute Gasteiger partial charge is 0.481 e. The Bertz CT molecular complexity index is 1370. The van der Waals surface area contributed by atoms with E-state index in [1.165, 1.54) is 17.0 Å². The zero-order valence-electron chi connectivity index (χ0n) is 17.9. The van der Waals surface area contributed by atoms with Gasteiger partial charge in [-0.2, -0.15) is 0 Å². The number of methoxy groups -OCH3 is 1. The number of Topliss-reactive ketones (excluding diaryl/α,β-unsaturated/α-hetero) is 1. The fourth-order valence-electron chi connectivity index (χ4n) is 3.44. The highest BCUT2D eigenvalue weighted by Gasteiger charge is 2.32. The maximum absolute atomic E-state index is 13.6. The van der Waals surface area contributed by atoms with Crippen molar-refractivity contribution in [1.29, 1.82) is 0 Å². The van der Waals surface area contributed by atoms with Gasteiger partial charge in [-0.05, 0) is 53.6 Å². The lowest BCUT2D eigenvalue weighted by molar-refractivity contribution is -0.114. The zero-order chi connectivity index (χ0) is 23.5. The molecule has 0 spiro atoms. The molecule has 0 saturated heterocycles. The van der Waals surface area contributed by atoms with Gasteiger partial charge in [0.15, 0.2) is 11.6 Å². The van der Waals surface area contributed by atoms with E-state index in [-0.39, 0.29) is 11.1 Å². The molecule has 2 aromatic carbocycles. The Labute approximate surface area is 189 Å². The van der Waals surface area contributed by atoms with Crippen LogP contribution in [0.1, 0.15) is 27.0 Å². The van der Waals surface area contributed by atoms with Gasteiger partial charge < -0.3 is 9.64 Å². The summed E-state index contributed by atoms with van der Waals surface area (Å²) in [7, 11) is 3.09. The summed E-state index contributed by atoms with van der Waals surface area (Å²) in [4.78, 5) is 31.2. The van der Waals surface area contributed by atoms with Crippen molar-refractivity contribution < 1.29 is 23.1 Å². The molecule has 0 saturated carbocycles. The summed E-state index contributed by atoms with van der Waals surface area (Å²) >= 11 is 0. The highest BCUT2D eigenvalue weighted by Crippen LogP contribution is 2.31. The summed E-state index contributed by atoms with van der Waals surface area (Å²) in [5.41, 5.74) is 2.39. The van der Waals surface area contributed by atoms with E-state index in [0.717, 1.165) is 17.7 Å². The Kier molecular flexibility index (Phi) is 6.01. The van der Waals surface area contributed by atoms with Gasteiger partial charge in [0.05, 0.1) is 18.4 Å². The predicted octanol–water partition coefficient (Wildman–Crippen LogP) is 4.21. The molecule has 4 rings (SSSR count). The highest BCUT2D eigenvalue weighted by atomic mass is 19.2. The van der Waals surface area contributed by atoms with Crippen molar-refractivity contribution >= 4 is 23.5 Å². The SMILES string of the molecule is COc1cc(CC#Cc2ccc3c(c2)C(=O)/C(=C\c2ccc(F)c(F)c2)C(=O)N3C)ccn1. The molecule has 5 nitrogen and oxygen atoms in total. The molecule has 1 aliphatic rings. The number of pyridine rings is 1. The number of rotatable bonds is 3. The van der Waals surface area contributed by atoms with E-state index in [1.54, 1.807) is 44.6 Å². The predicted molar refractivity (Wildman–Crippen MR) is 120 cm³/mol. The molecule has 1 aromatic heterocycles. The summed E-state index contributed by atoms with van der Waals surface area (Å²) in [5.74, 6) is 3.50. The van der Waals surface area contributed by atoms with Crippen LogP contribution in [0.3, 0.4) is 0 Å². The van der Waals surface area contributed by atoms with Crippen LogP contribution < -0.4 is 9.64 Å². The molecule has 0 radical (unpaired) electrons. The third kappa shape index (κ3) is 4.51. The number of carbonyl (C=O) groups is 2. The summed E-state index contributed by atoms with van der Waals surface area (Å²) in [6.07, 6.45) is 3.37. The van der Waals surface area contributed by atoms with Gasteiger partial charge in [-0.15, -0.1) is 0 Å². The molecule has 0 unspecified atom stereocenters. The van der Waals surface area contributed by atoms with Crippen LogP contribution in [-0.4, -0.2) is 30.8 Å². The number of nitrogens with zero attached hydrogens (tertiary/aromatic N) is 2. The van der Waals surface area contributed by atoms with Crippen LogP contribution in [0.2, 0.25) is 0 Å². The minimum atomic E-state index is -1.06. The summed E-state index contributed by atoms with van der Waals surface area (Å²) < 4.78 is 31.9. The maximum Gasteiger partial charge on any atom is 0.262 e. The van der Waals surface area contributed by atoms with Crippen LogP contribution in [0.4, 0.5) is 14.5 Å². The average Bonchev–Trinajstić information content (AvgIpc) is 2.82. The Morgan fingerprint density at radius 2 is 1.88 bits per heavy atom. The first-order chi connectivity index (χ1) is 15.9. The molecule has 0 N–H and O–H groups in total. The Morgan fingerprint density at radius 3 is 2.64 bits per heavy atom. The Morgan fingerprint density at radius 1 is 1.06 bits per heavy atom. The van der Waals surface area contributed by atoms with Crippen molar-refractivity contribution in [2.24, 2.45) is 0 Å². The number of hydrogen-bond donors (Lipinski definition) is 0. The van der Waals surface area contributed by atoms with E-state index in [2.05, 4.69) is 16.8 Å². The Balaban J connectivity index is 1.64. The molecular weight excluding hydrogens is 426 g/mol. The minimum absolute atomic E-state index is 0.134. The molecular formula is C26H18F2N2O3. The standard InChI is InChI=1S/C26H18F2N2O3/c1-30-23-9-7-16(4-3-5-17-10-11-29-24(15-17)33-2)12-19(23)25(31)20(26(30)32)13-18-6-8-21(27)22(28)14-18/h6-15H,5H2,1-2H3/b20-13+. The van der Waals surface area contributed by atoms with E-state index < -0.39 is 23.3 Å². The molecule has 3 aromatic rings. The van der Waals surface area contributed by atoms with E-state index in [1.807, 2.05) is 6.07 Å². The number of anilines is 1. The number of ether oxygens (including phenoxy) is 1. The van der Waals surface area contributed by atoms with Crippen LogP contribution in [0.15, 0.2) is 60.3 Å². The molecule has 164 valence electrons. The fraction of sp³-hybridized carbons (Fsp3) is 0.115. The van der Waals surface area contributed by atoms with Crippen molar-refractivity contribution in [1.82, 2.24) is 4.98 Å². The smallest absolute Gasteiger partial charge is 0.262 e. The van der Waals surface area contributed by atoms with Crippen LogP contribution in [0, 0.1) is 23.5 Å². The lowest BCUT2D eigenvalue weighted by Gasteiger charge is -2.26. The monoisotopic (exact) mass is 444 g/mol. The van der Waals surface area contributed by atoms with Crippen LogP contribution in [0.5, 0.6) is 5.88 Å². The van der Waals surface area contributed by atoms with Crippen LogP contribution >= 0.6 is 0 Å². The van der Waals surface area contributed by atoms with Gasteiger partial charge in [0, 0.05) is 36.9 Å². The normalized spacial score (nSPS) is 14.1.